The van der Waals surface area contributed by atoms with Gasteiger partial charge in [-0.25, -0.2) is 4.79 Å². The molecule has 0 atom stereocenters. The molecule has 0 spiro atoms. The first-order chi connectivity index (χ1) is 7.24. The monoisotopic (exact) mass is 201 g/mol. The molecule has 0 unspecified atom stereocenters. The Hall–Kier alpha value is -2.05. The first kappa shape index (κ1) is 11.0. The van der Waals surface area contributed by atoms with Crippen LogP contribution >= 0.6 is 0 Å². The topological polar surface area (TPSA) is 63.3 Å². The lowest BCUT2D eigenvalue weighted by Gasteiger charge is -1.96. The second kappa shape index (κ2) is 5.63. The number of hydrogen-bond acceptors (Lipinski definition) is 2. The highest BCUT2D eigenvalue weighted by atomic mass is 16.4. The molecule has 0 aromatic heterocycles. The summed E-state index contributed by atoms with van der Waals surface area (Å²) in [6.07, 6.45) is 2.60. The summed E-state index contributed by atoms with van der Waals surface area (Å²) in [5.41, 5.74) is 6.82. The standard InChI is InChI=1S/C12H11NO2/c13-9-3-6-10-4-1-2-5-11(10)7-8-12(14)15/h1-2,4-5,7-8H,9,13H2,(H,14,15)/b8-7+. The minimum atomic E-state index is -0.975. The van der Waals surface area contributed by atoms with Crippen molar-refractivity contribution in [2.75, 3.05) is 6.54 Å². The number of carbonyl (C=O) groups is 1. The lowest BCUT2D eigenvalue weighted by molar-refractivity contribution is -0.131. The van der Waals surface area contributed by atoms with E-state index in [-0.39, 0.29) is 6.54 Å². The van der Waals surface area contributed by atoms with E-state index in [1.807, 2.05) is 18.2 Å². The summed E-state index contributed by atoms with van der Waals surface area (Å²) in [6.45, 7) is 0.289. The Morgan fingerprint density at radius 2 is 2.20 bits per heavy atom. The minimum Gasteiger partial charge on any atom is -0.478 e. The Kier molecular flexibility index (Phi) is 4.14. The van der Waals surface area contributed by atoms with E-state index in [1.54, 1.807) is 6.07 Å². The molecule has 0 saturated carbocycles. The molecule has 0 heterocycles. The van der Waals surface area contributed by atoms with Gasteiger partial charge in [0.15, 0.2) is 0 Å². The Morgan fingerprint density at radius 1 is 1.47 bits per heavy atom. The number of carboxylic acid groups (broad SMARTS) is 1. The maximum absolute atomic E-state index is 10.4. The number of carboxylic acids is 1. The summed E-state index contributed by atoms with van der Waals surface area (Å²) in [7, 11) is 0. The highest BCUT2D eigenvalue weighted by Gasteiger charge is 1.95. The number of benzene rings is 1. The molecule has 1 aromatic rings. The van der Waals surface area contributed by atoms with Crippen LogP contribution in [0.2, 0.25) is 0 Å². The Balaban J connectivity index is 3.01. The van der Waals surface area contributed by atoms with Crippen LogP contribution in [0, 0.1) is 11.8 Å². The maximum atomic E-state index is 10.4. The quantitative estimate of drug-likeness (QED) is 0.556. The second-order valence-corrected chi connectivity index (χ2v) is 2.76. The van der Waals surface area contributed by atoms with Crippen molar-refractivity contribution in [2.45, 2.75) is 0 Å². The minimum absolute atomic E-state index is 0.289. The van der Waals surface area contributed by atoms with E-state index >= 15 is 0 Å². The van der Waals surface area contributed by atoms with Crippen molar-refractivity contribution in [3.8, 4) is 11.8 Å². The second-order valence-electron chi connectivity index (χ2n) is 2.76. The zero-order chi connectivity index (χ0) is 11.1. The molecule has 0 aliphatic heterocycles. The van der Waals surface area contributed by atoms with Crippen LogP contribution in [0.1, 0.15) is 11.1 Å². The molecule has 0 saturated heterocycles. The number of rotatable bonds is 2. The molecule has 0 radical (unpaired) electrons. The third-order valence-electron chi connectivity index (χ3n) is 1.69. The lowest BCUT2D eigenvalue weighted by Crippen LogP contribution is -1.93. The predicted octanol–water partition coefficient (Wildman–Crippen LogP) is 1.09. The Morgan fingerprint density at radius 3 is 2.87 bits per heavy atom. The van der Waals surface area contributed by atoms with Crippen LogP contribution in [0.4, 0.5) is 0 Å². The third kappa shape index (κ3) is 3.67. The van der Waals surface area contributed by atoms with Gasteiger partial charge >= 0.3 is 5.97 Å². The summed E-state index contributed by atoms with van der Waals surface area (Å²) in [5, 5.41) is 8.50. The van der Waals surface area contributed by atoms with Gasteiger partial charge in [-0.2, -0.15) is 0 Å². The molecular weight excluding hydrogens is 190 g/mol. The van der Waals surface area contributed by atoms with Gasteiger partial charge in [-0.15, -0.1) is 0 Å². The van der Waals surface area contributed by atoms with Crippen LogP contribution in [-0.2, 0) is 4.79 Å². The van der Waals surface area contributed by atoms with Crippen LogP contribution in [0.15, 0.2) is 30.3 Å². The van der Waals surface area contributed by atoms with E-state index in [0.717, 1.165) is 17.2 Å². The van der Waals surface area contributed by atoms with Gasteiger partial charge in [0.05, 0.1) is 6.54 Å². The van der Waals surface area contributed by atoms with Crippen molar-refractivity contribution in [3.63, 3.8) is 0 Å². The van der Waals surface area contributed by atoms with Crippen LogP contribution in [0.25, 0.3) is 6.08 Å². The van der Waals surface area contributed by atoms with E-state index in [9.17, 15) is 4.79 Å². The highest BCUT2D eigenvalue weighted by Crippen LogP contribution is 2.08. The normalized spacial score (nSPS) is 9.67. The molecule has 1 rings (SSSR count). The Bertz CT molecular complexity index is 438. The Labute approximate surface area is 88.2 Å². The summed E-state index contributed by atoms with van der Waals surface area (Å²) in [6, 6.07) is 7.30. The molecule has 3 nitrogen and oxygen atoms in total. The van der Waals surface area contributed by atoms with Gasteiger partial charge in [-0.1, -0.05) is 30.0 Å². The molecule has 0 amide bonds. The summed E-state index contributed by atoms with van der Waals surface area (Å²) < 4.78 is 0. The van der Waals surface area contributed by atoms with Crippen molar-refractivity contribution in [1.29, 1.82) is 0 Å². The third-order valence-corrected chi connectivity index (χ3v) is 1.69. The van der Waals surface area contributed by atoms with Crippen molar-refractivity contribution in [2.24, 2.45) is 5.73 Å². The molecule has 0 aliphatic carbocycles. The van der Waals surface area contributed by atoms with Gasteiger partial charge < -0.3 is 10.8 Å². The smallest absolute Gasteiger partial charge is 0.328 e. The van der Waals surface area contributed by atoms with E-state index in [1.165, 1.54) is 6.08 Å². The SMILES string of the molecule is NCC#Cc1ccccc1/C=C/C(=O)O. The van der Waals surface area contributed by atoms with Crippen LogP contribution in [0.3, 0.4) is 0 Å². The van der Waals surface area contributed by atoms with Gasteiger partial charge in [-0.3, -0.25) is 0 Å². The lowest BCUT2D eigenvalue weighted by atomic mass is 10.1. The largest absolute Gasteiger partial charge is 0.478 e. The predicted molar refractivity (Wildman–Crippen MR) is 59.0 cm³/mol. The number of nitrogens with two attached hydrogens (primary N) is 1. The van der Waals surface area contributed by atoms with Crippen LogP contribution < -0.4 is 5.73 Å². The fourth-order valence-electron chi connectivity index (χ4n) is 1.06. The molecule has 1 aromatic carbocycles. The maximum Gasteiger partial charge on any atom is 0.328 e. The van der Waals surface area contributed by atoms with E-state index < -0.39 is 5.97 Å². The van der Waals surface area contributed by atoms with Crippen LogP contribution in [0.5, 0.6) is 0 Å². The highest BCUT2D eigenvalue weighted by molar-refractivity contribution is 5.85. The van der Waals surface area contributed by atoms with Gasteiger partial charge in [-0.05, 0) is 17.7 Å². The average Bonchev–Trinajstić information content (AvgIpc) is 2.24. The van der Waals surface area contributed by atoms with Crippen LogP contribution in [-0.4, -0.2) is 17.6 Å². The summed E-state index contributed by atoms with van der Waals surface area (Å²) in [5.74, 6) is 4.63. The molecule has 3 N–H and O–H groups in total. The number of aliphatic carboxylic acids is 1. The van der Waals surface area contributed by atoms with E-state index in [4.69, 9.17) is 10.8 Å². The van der Waals surface area contributed by atoms with Gasteiger partial charge in [0.1, 0.15) is 0 Å². The fraction of sp³-hybridized carbons (Fsp3) is 0.0833. The molecule has 3 heteroatoms. The van der Waals surface area contributed by atoms with Crippen molar-refractivity contribution >= 4 is 12.0 Å². The van der Waals surface area contributed by atoms with Crippen molar-refractivity contribution in [1.82, 2.24) is 0 Å². The molecule has 0 bridgehead atoms. The molecule has 76 valence electrons. The molecule has 0 fully saturated rings. The molecule has 15 heavy (non-hydrogen) atoms. The van der Waals surface area contributed by atoms with Gasteiger partial charge in [0.25, 0.3) is 0 Å². The van der Waals surface area contributed by atoms with Crippen molar-refractivity contribution < 1.29 is 9.90 Å². The van der Waals surface area contributed by atoms with Gasteiger partial charge in [0.2, 0.25) is 0 Å². The van der Waals surface area contributed by atoms with E-state index in [2.05, 4.69) is 11.8 Å². The molecule has 0 aliphatic rings. The summed E-state index contributed by atoms with van der Waals surface area (Å²) >= 11 is 0. The molecular formula is C12H11NO2. The average molecular weight is 201 g/mol. The van der Waals surface area contributed by atoms with Gasteiger partial charge in [0, 0.05) is 11.6 Å². The summed E-state index contributed by atoms with van der Waals surface area (Å²) in [4.78, 5) is 10.4. The zero-order valence-corrected chi connectivity index (χ0v) is 8.10. The first-order valence-electron chi connectivity index (χ1n) is 4.43. The fourth-order valence-corrected chi connectivity index (χ4v) is 1.06. The number of hydrogen-bond donors (Lipinski definition) is 2. The zero-order valence-electron chi connectivity index (χ0n) is 8.10. The van der Waals surface area contributed by atoms with Crippen molar-refractivity contribution in [3.05, 3.63) is 41.5 Å². The first-order valence-corrected chi connectivity index (χ1v) is 4.43. The van der Waals surface area contributed by atoms with E-state index in [0.29, 0.717) is 0 Å².